The van der Waals surface area contributed by atoms with Crippen LogP contribution in [0.2, 0.25) is 0 Å². The molecule has 0 saturated carbocycles. The fourth-order valence-electron chi connectivity index (χ4n) is 3.95. The van der Waals surface area contributed by atoms with Gasteiger partial charge in [-0.25, -0.2) is 9.67 Å². The van der Waals surface area contributed by atoms with Crippen molar-refractivity contribution in [1.29, 1.82) is 0 Å². The van der Waals surface area contributed by atoms with E-state index in [1.165, 1.54) is 10.6 Å². The SMILES string of the molecule is Cc1cc(C)n(-c2nc(-c3ccccc3)cc(=O)n2CC(=O)N2CCCCCC2)n1. The third kappa shape index (κ3) is 4.20. The normalized spacial score (nSPS) is 14.5. The van der Waals surface area contributed by atoms with Gasteiger partial charge in [-0.2, -0.15) is 5.10 Å². The monoisotopic (exact) mass is 405 g/mol. The summed E-state index contributed by atoms with van der Waals surface area (Å²) >= 11 is 0. The van der Waals surface area contributed by atoms with Crippen LogP contribution in [0.15, 0.2) is 47.3 Å². The molecule has 1 aromatic carbocycles. The Bertz CT molecular complexity index is 1090. The Hall–Kier alpha value is -3.22. The highest BCUT2D eigenvalue weighted by molar-refractivity contribution is 5.76. The average molecular weight is 406 g/mol. The van der Waals surface area contributed by atoms with Crippen molar-refractivity contribution in [2.45, 2.75) is 46.1 Å². The van der Waals surface area contributed by atoms with Crippen LogP contribution in [-0.4, -0.2) is 43.2 Å². The molecule has 0 atom stereocenters. The summed E-state index contributed by atoms with van der Waals surface area (Å²) in [6, 6.07) is 13.0. The van der Waals surface area contributed by atoms with E-state index < -0.39 is 0 Å². The molecular formula is C23H27N5O2. The first-order chi connectivity index (χ1) is 14.5. The van der Waals surface area contributed by atoms with Gasteiger partial charge in [0.1, 0.15) is 6.54 Å². The average Bonchev–Trinajstić information content (AvgIpc) is 2.93. The lowest BCUT2D eigenvalue weighted by Crippen LogP contribution is -2.38. The number of carbonyl (C=O) groups is 1. The van der Waals surface area contributed by atoms with Crippen molar-refractivity contribution in [2.75, 3.05) is 13.1 Å². The maximum Gasteiger partial charge on any atom is 0.256 e. The number of aromatic nitrogens is 4. The highest BCUT2D eigenvalue weighted by Gasteiger charge is 2.21. The lowest BCUT2D eigenvalue weighted by Gasteiger charge is -2.22. The molecule has 156 valence electrons. The number of amides is 1. The van der Waals surface area contributed by atoms with Crippen LogP contribution in [-0.2, 0) is 11.3 Å². The van der Waals surface area contributed by atoms with E-state index >= 15 is 0 Å². The first kappa shape index (κ1) is 20.1. The van der Waals surface area contributed by atoms with E-state index in [1.54, 1.807) is 4.68 Å². The molecule has 1 amide bonds. The van der Waals surface area contributed by atoms with Gasteiger partial charge in [-0.15, -0.1) is 0 Å². The lowest BCUT2D eigenvalue weighted by molar-refractivity contribution is -0.131. The Morgan fingerprint density at radius 3 is 2.33 bits per heavy atom. The summed E-state index contributed by atoms with van der Waals surface area (Å²) in [6.07, 6.45) is 4.31. The van der Waals surface area contributed by atoms with E-state index in [0.717, 1.165) is 55.7 Å². The first-order valence-corrected chi connectivity index (χ1v) is 10.5. The lowest BCUT2D eigenvalue weighted by atomic mass is 10.1. The molecular weight excluding hydrogens is 378 g/mol. The van der Waals surface area contributed by atoms with Crippen molar-refractivity contribution in [3.8, 4) is 17.2 Å². The molecule has 7 heteroatoms. The Balaban J connectivity index is 1.78. The first-order valence-electron chi connectivity index (χ1n) is 10.5. The smallest absolute Gasteiger partial charge is 0.256 e. The molecule has 2 aromatic heterocycles. The van der Waals surface area contributed by atoms with Gasteiger partial charge >= 0.3 is 0 Å². The van der Waals surface area contributed by atoms with E-state index in [-0.39, 0.29) is 18.0 Å². The van der Waals surface area contributed by atoms with E-state index in [0.29, 0.717) is 11.6 Å². The van der Waals surface area contributed by atoms with Crippen molar-refractivity contribution in [3.05, 3.63) is 64.2 Å². The van der Waals surface area contributed by atoms with Crippen LogP contribution in [0.25, 0.3) is 17.2 Å². The van der Waals surface area contributed by atoms with Crippen molar-refractivity contribution in [1.82, 2.24) is 24.2 Å². The minimum absolute atomic E-state index is 0.0332. The van der Waals surface area contributed by atoms with Crippen LogP contribution >= 0.6 is 0 Å². The summed E-state index contributed by atoms with van der Waals surface area (Å²) < 4.78 is 3.10. The Morgan fingerprint density at radius 1 is 1.00 bits per heavy atom. The van der Waals surface area contributed by atoms with Gasteiger partial charge in [-0.3, -0.25) is 14.2 Å². The van der Waals surface area contributed by atoms with Gasteiger partial charge in [-0.1, -0.05) is 43.2 Å². The summed E-state index contributed by atoms with van der Waals surface area (Å²) in [5.41, 5.74) is 2.86. The number of aryl methyl sites for hydroxylation is 2. The predicted molar refractivity (Wildman–Crippen MR) is 116 cm³/mol. The Labute approximate surface area is 176 Å². The summed E-state index contributed by atoms with van der Waals surface area (Å²) in [6.45, 7) is 5.28. The number of nitrogens with zero attached hydrogens (tertiary/aromatic N) is 5. The molecule has 0 radical (unpaired) electrons. The summed E-state index contributed by atoms with van der Waals surface area (Å²) in [4.78, 5) is 32.8. The topological polar surface area (TPSA) is 73.0 Å². The van der Waals surface area contributed by atoms with Crippen molar-refractivity contribution >= 4 is 5.91 Å². The van der Waals surface area contributed by atoms with Crippen molar-refractivity contribution in [2.24, 2.45) is 0 Å². The van der Waals surface area contributed by atoms with Gasteiger partial charge in [0.05, 0.1) is 11.4 Å². The molecule has 3 heterocycles. The zero-order chi connectivity index (χ0) is 21.1. The maximum atomic E-state index is 13.1. The van der Waals surface area contributed by atoms with E-state index in [4.69, 9.17) is 4.98 Å². The van der Waals surface area contributed by atoms with Crippen LogP contribution in [0.5, 0.6) is 0 Å². The quantitative estimate of drug-likeness (QED) is 0.669. The fraction of sp³-hybridized carbons (Fsp3) is 0.391. The number of carbonyl (C=O) groups excluding carboxylic acids is 1. The molecule has 30 heavy (non-hydrogen) atoms. The number of rotatable bonds is 4. The van der Waals surface area contributed by atoms with E-state index in [9.17, 15) is 9.59 Å². The fourth-order valence-corrected chi connectivity index (χ4v) is 3.95. The van der Waals surface area contributed by atoms with Gasteiger partial charge in [0.15, 0.2) is 0 Å². The summed E-state index contributed by atoms with van der Waals surface area (Å²) in [7, 11) is 0. The Morgan fingerprint density at radius 2 is 1.70 bits per heavy atom. The van der Waals surface area contributed by atoms with Gasteiger partial charge in [0.25, 0.3) is 5.56 Å². The van der Waals surface area contributed by atoms with Crippen LogP contribution < -0.4 is 5.56 Å². The predicted octanol–water partition coefficient (Wildman–Crippen LogP) is 3.12. The number of likely N-dealkylation sites (tertiary alicyclic amines) is 1. The number of hydrogen-bond donors (Lipinski definition) is 0. The minimum atomic E-state index is -0.255. The van der Waals surface area contributed by atoms with E-state index in [1.807, 2.05) is 55.1 Å². The third-order valence-corrected chi connectivity index (χ3v) is 5.51. The van der Waals surface area contributed by atoms with Gasteiger partial charge in [0.2, 0.25) is 11.9 Å². The molecule has 0 aliphatic carbocycles. The molecule has 1 saturated heterocycles. The molecule has 0 N–H and O–H groups in total. The zero-order valence-electron chi connectivity index (χ0n) is 17.5. The molecule has 1 aliphatic rings. The molecule has 0 bridgehead atoms. The van der Waals surface area contributed by atoms with Crippen molar-refractivity contribution in [3.63, 3.8) is 0 Å². The highest BCUT2D eigenvalue weighted by atomic mass is 16.2. The van der Waals surface area contributed by atoms with Crippen molar-refractivity contribution < 1.29 is 4.79 Å². The van der Waals surface area contributed by atoms with Crippen LogP contribution in [0, 0.1) is 13.8 Å². The highest BCUT2D eigenvalue weighted by Crippen LogP contribution is 2.18. The molecule has 1 fully saturated rings. The van der Waals surface area contributed by atoms with Crippen LogP contribution in [0.3, 0.4) is 0 Å². The minimum Gasteiger partial charge on any atom is -0.341 e. The second-order valence-corrected chi connectivity index (χ2v) is 7.87. The molecule has 7 nitrogen and oxygen atoms in total. The largest absolute Gasteiger partial charge is 0.341 e. The third-order valence-electron chi connectivity index (χ3n) is 5.51. The second kappa shape index (κ2) is 8.65. The molecule has 1 aliphatic heterocycles. The molecule has 3 aromatic rings. The summed E-state index contributed by atoms with van der Waals surface area (Å²) in [5.74, 6) is 0.325. The summed E-state index contributed by atoms with van der Waals surface area (Å²) in [5, 5.41) is 4.52. The number of hydrogen-bond acceptors (Lipinski definition) is 4. The number of benzene rings is 1. The van der Waals surface area contributed by atoms with Gasteiger partial charge in [0, 0.05) is 30.4 Å². The van der Waals surface area contributed by atoms with Gasteiger partial charge in [-0.05, 0) is 32.8 Å². The molecule has 0 unspecified atom stereocenters. The molecule has 0 spiro atoms. The van der Waals surface area contributed by atoms with E-state index in [2.05, 4.69) is 5.10 Å². The van der Waals surface area contributed by atoms with Crippen LogP contribution in [0.1, 0.15) is 37.1 Å². The zero-order valence-corrected chi connectivity index (χ0v) is 17.5. The van der Waals surface area contributed by atoms with Crippen LogP contribution in [0.4, 0.5) is 0 Å². The second-order valence-electron chi connectivity index (χ2n) is 7.87. The standard InChI is InChI=1S/C23H27N5O2/c1-17-14-18(2)28(25-17)23-24-20(19-10-6-5-7-11-19)15-21(29)27(23)16-22(30)26-12-8-3-4-9-13-26/h5-7,10-11,14-15H,3-4,8-9,12-13,16H2,1-2H3. The maximum absolute atomic E-state index is 13.1. The molecule has 4 rings (SSSR count). The van der Waals surface area contributed by atoms with Gasteiger partial charge < -0.3 is 4.90 Å². The Kier molecular flexibility index (Phi) is 5.79.